The second-order valence-electron chi connectivity index (χ2n) is 8.29. The number of guanidine groups is 1. The lowest BCUT2D eigenvalue weighted by atomic mass is 10.0. The number of hydrogen-bond donors (Lipinski definition) is 2. The highest BCUT2D eigenvalue weighted by Crippen LogP contribution is 2.23. The Balaban J connectivity index is 0.00000363. The van der Waals surface area contributed by atoms with Crippen LogP contribution in [0, 0.1) is 6.92 Å². The first-order chi connectivity index (χ1) is 15.3. The van der Waals surface area contributed by atoms with E-state index in [1.54, 1.807) is 0 Å². The minimum atomic E-state index is 0. The first kappa shape index (κ1) is 27.3. The lowest BCUT2D eigenvalue weighted by Gasteiger charge is -2.34. The van der Waals surface area contributed by atoms with Crippen LogP contribution in [0.15, 0.2) is 29.3 Å². The van der Waals surface area contributed by atoms with Gasteiger partial charge in [-0.15, -0.1) is 24.0 Å². The highest BCUT2D eigenvalue weighted by Gasteiger charge is 2.22. The summed E-state index contributed by atoms with van der Waals surface area (Å²) in [6, 6.07) is 9.04. The van der Waals surface area contributed by atoms with E-state index in [9.17, 15) is 0 Å². The molecule has 0 bridgehead atoms. The Hall–Kier alpha value is -0.940. The first-order valence-corrected chi connectivity index (χ1v) is 11.9. The van der Waals surface area contributed by atoms with E-state index in [-0.39, 0.29) is 30.0 Å². The van der Waals surface area contributed by atoms with Crippen molar-refractivity contribution in [1.82, 2.24) is 15.5 Å². The molecule has 2 fully saturated rings. The van der Waals surface area contributed by atoms with Crippen LogP contribution in [0.4, 0.5) is 0 Å². The molecule has 8 heteroatoms. The van der Waals surface area contributed by atoms with Gasteiger partial charge in [0.2, 0.25) is 0 Å². The third-order valence-electron chi connectivity index (χ3n) is 5.77. The second kappa shape index (κ2) is 15.8. The first-order valence-electron chi connectivity index (χ1n) is 11.9. The smallest absolute Gasteiger partial charge is 0.191 e. The van der Waals surface area contributed by atoms with Crippen LogP contribution in [0.1, 0.15) is 43.4 Å². The molecule has 2 atom stereocenters. The Morgan fingerprint density at radius 2 is 2.09 bits per heavy atom. The second-order valence-corrected chi connectivity index (χ2v) is 8.29. The van der Waals surface area contributed by atoms with Crippen molar-refractivity contribution in [2.45, 2.75) is 45.3 Å². The number of hydrogen-bond acceptors (Lipinski definition) is 5. The number of ether oxygens (including phenoxy) is 3. The Kier molecular flexibility index (Phi) is 13.5. The van der Waals surface area contributed by atoms with Crippen LogP contribution in [0.5, 0.6) is 0 Å². The predicted octanol–water partition coefficient (Wildman–Crippen LogP) is 3.13. The normalized spacial score (nSPS) is 20.6. The van der Waals surface area contributed by atoms with Crippen LogP contribution in [0.2, 0.25) is 0 Å². The Labute approximate surface area is 210 Å². The molecule has 2 N–H and O–H groups in total. The van der Waals surface area contributed by atoms with E-state index in [4.69, 9.17) is 19.2 Å². The van der Waals surface area contributed by atoms with Crippen LogP contribution in [0.3, 0.4) is 0 Å². The number of nitrogens with zero attached hydrogens (tertiary/aromatic N) is 2. The molecule has 0 spiro atoms. The molecule has 182 valence electrons. The van der Waals surface area contributed by atoms with Gasteiger partial charge < -0.3 is 24.8 Å². The van der Waals surface area contributed by atoms with E-state index < -0.39 is 0 Å². The van der Waals surface area contributed by atoms with E-state index in [1.807, 2.05) is 0 Å². The Morgan fingerprint density at radius 3 is 2.81 bits per heavy atom. The van der Waals surface area contributed by atoms with Crippen molar-refractivity contribution in [1.29, 1.82) is 0 Å². The molecule has 2 saturated heterocycles. The zero-order valence-corrected chi connectivity index (χ0v) is 22.0. The summed E-state index contributed by atoms with van der Waals surface area (Å²) in [6.45, 7) is 12.4. The number of aryl methyl sites for hydroxylation is 1. The zero-order chi connectivity index (χ0) is 21.7. The summed E-state index contributed by atoms with van der Waals surface area (Å²) in [4.78, 5) is 7.42. The number of rotatable bonds is 11. The van der Waals surface area contributed by atoms with E-state index in [0.717, 1.165) is 77.8 Å². The zero-order valence-electron chi connectivity index (χ0n) is 19.7. The SMILES string of the molecule is CCNC(=NCC(c1cccc(C)c1)N1CCOCC1)NCCCOCC1CCCO1.I. The Bertz CT molecular complexity index is 664. The van der Waals surface area contributed by atoms with E-state index in [2.05, 4.69) is 53.6 Å². The third-order valence-corrected chi connectivity index (χ3v) is 5.77. The summed E-state index contributed by atoms with van der Waals surface area (Å²) in [5, 5.41) is 6.83. The van der Waals surface area contributed by atoms with Gasteiger partial charge in [-0.25, -0.2) is 0 Å². The fourth-order valence-corrected chi connectivity index (χ4v) is 4.09. The molecule has 32 heavy (non-hydrogen) atoms. The van der Waals surface area contributed by atoms with Crippen molar-refractivity contribution < 1.29 is 14.2 Å². The van der Waals surface area contributed by atoms with Crippen molar-refractivity contribution in [3.8, 4) is 0 Å². The van der Waals surface area contributed by atoms with Crippen molar-refractivity contribution in [2.75, 3.05) is 65.8 Å². The predicted molar refractivity (Wildman–Crippen MR) is 140 cm³/mol. The standard InChI is InChI=1S/C24H40N4O3.HI/c1-3-25-24(26-10-6-13-30-19-22-9-5-14-31-22)27-18-23(28-11-15-29-16-12-28)21-8-4-7-20(2)17-21;/h4,7-8,17,22-23H,3,5-6,9-16,18-19H2,1-2H3,(H2,25,26,27);1H. The maximum Gasteiger partial charge on any atom is 0.191 e. The maximum atomic E-state index is 5.76. The summed E-state index contributed by atoms with van der Waals surface area (Å²) in [7, 11) is 0. The molecule has 0 radical (unpaired) electrons. The molecule has 0 aromatic heterocycles. The summed E-state index contributed by atoms with van der Waals surface area (Å²) < 4.78 is 16.9. The number of halogens is 1. The van der Waals surface area contributed by atoms with Gasteiger partial charge in [-0.2, -0.15) is 0 Å². The molecule has 2 unspecified atom stereocenters. The number of nitrogens with one attached hydrogen (secondary N) is 2. The average Bonchev–Trinajstić information content (AvgIpc) is 3.30. The van der Waals surface area contributed by atoms with Crippen LogP contribution < -0.4 is 10.6 Å². The van der Waals surface area contributed by atoms with Crippen LogP contribution in [-0.2, 0) is 14.2 Å². The average molecular weight is 561 g/mol. The van der Waals surface area contributed by atoms with E-state index in [1.165, 1.54) is 11.1 Å². The minimum Gasteiger partial charge on any atom is -0.379 e. The number of benzene rings is 1. The summed E-state index contributed by atoms with van der Waals surface area (Å²) in [6.07, 6.45) is 3.53. The molecule has 3 rings (SSSR count). The lowest BCUT2D eigenvalue weighted by molar-refractivity contribution is 0.0168. The van der Waals surface area contributed by atoms with Gasteiger partial charge in [-0.05, 0) is 38.7 Å². The molecule has 7 nitrogen and oxygen atoms in total. The highest BCUT2D eigenvalue weighted by atomic mass is 127. The summed E-state index contributed by atoms with van der Waals surface area (Å²) in [5.41, 5.74) is 2.61. The van der Waals surface area contributed by atoms with Gasteiger partial charge in [-0.3, -0.25) is 9.89 Å². The monoisotopic (exact) mass is 560 g/mol. The molecule has 0 amide bonds. The summed E-state index contributed by atoms with van der Waals surface area (Å²) in [5.74, 6) is 0.868. The molecule has 0 saturated carbocycles. The van der Waals surface area contributed by atoms with Crippen molar-refractivity contribution in [2.24, 2.45) is 4.99 Å². The minimum absolute atomic E-state index is 0. The van der Waals surface area contributed by atoms with Crippen molar-refractivity contribution >= 4 is 29.9 Å². The molecule has 1 aromatic rings. The van der Waals surface area contributed by atoms with Gasteiger partial charge in [-0.1, -0.05) is 29.8 Å². The molecule has 2 heterocycles. The fourth-order valence-electron chi connectivity index (χ4n) is 4.09. The van der Waals surface area contributed by atoms with Crippen LogP contribution in [-0.4, -0.2) is 82.7 Å². The van der Waals surface area contributed by atoms with E-state index >= 15 is 0 Å². The van der Waals surface area contributed by atoms with E-state index in [0.29, 0.717) is 19.3 Å². The number of aliphatic imine (C=N–C) groups is 1. The summed E-state index contributed by atoms with van der Waals surface area (Å²) >= 11 is 0. The van der Waals surface area contributed by atoms with Gasteiger partial charge in [0.25, 0.3) is 0 Å². The van der Waals surface area contributed by atoms with Crippen LogP contribution >= 0.6 is 24.0 Å². The largest absolute Gasteiger partial charge is 0.379 e. The van der Waals surface area contributed by atoms with Crippen molar-refractivity contribution in [3.63, 3.8) is 0 Å². The molecular formula is C24H41IN4O3. The van der Waals surface area contributed by atoms with Gasteiger partial charge in [0.05, 0.1) is 38.5 Å². The molecule has 0 aliphatic carbocycles. The van der Waals surface area contributed by atoms with Crippen molar-refractivity contribution in [3.05, 3.63) is 35.4 Å². The molecular weight excluding hydrogens is 519 g/mol. The quantitative estimate of drug-likeness (QED) is 0.188. The van der Waals surface area contributed by atoms with Gasteiger partial charge in [0, 0.05) is 39.4 Å². The van der Waals surface area contributed by atoms with Gasteiger partial charge in [0.15, 0.2) is 5.96 Å². The molecule has 1 aromatic carbocycles. The third kappa shape index (κ3) is 9.51. The number of morpholine rings is 1. The molecule has 2 aliphatic rings. The van der Waals surface area contributed by atoms with Gasteiger partial charge >= 0.3 is 0 Å². The maximum absolute atomic E-state index is 5.76. The highest BCUT2D eigenvalue weighted by molar-refractivity contribution is 14.0. The molecule has 2 aliphatic heterocycles. The van der Waals surface area contributed by atoms with Gasteiger partial charge in [0.1, 0.15) is 0 Å². The Morgan fingerprint density at radius 1 is 1.25 bits per heavy atom. The lowest BCUT2D eigenvalue weighted by Crippen LogP contribution is -2.42. The van der Waals surface area contributed by atoms with Crippen LogP contribution in [0.25, 0.3) is 0 Å². The fraction of sp³-hybridized carbons (Fsp3) is 0.708. The topological polar surface area (TPSA) is 67.4 Å².